The van der Waals surface area contributed by atoms with Crippen LogP contribution >= 0.6 is 0 Å². The lowest BCUT2D eigenvalue weighted by Crippen LogP contribution is -2.44. The summed E-state index contributed by atoms with van der Waals surface area (Å²) in [5, 5.41) is 15.2. The van der Waals surface area contributed by atoms with Gasteiger partial charge in [0.05, 0.1) is 37.3 Å². The second-order valence-corrected chi connectivity index (χ2v) is 12.3. The van der Waals surface area contributed by atoms with Crippen molar-refractivity contribution in [2.24, 2.45) is 0 Å². The van der Waals surface area contributed by atoms with Crippen LogP contribution in [-0.4, -0.2) is 73.7 Å². The number of aliphatic hydroxyl groups is 1. The minimum absolute atomic E-state index is 0.0827. The summed E-state index contributed by atoms with van der Waals surface area (Å²) in [6, 6.07) is 9.12. The van der Waals surface area contributed by atoms with Gasteiger partial charge in [-0.15, -0.1) is 0 Å². The fourth-order valence-electron chi connectivity index (χ4n) is 4.77. The molecule has 2 saturated carbocycles. The second-order valence-electron chi connectivity index (χ2n) is 9.89. The quantitative estimate of drug-likeness (QED) is 0.488. The average molecular weight is 516 g/mol. The number of sulfone groups is 1. The number of carbonyl (C=O) groups is 1. The highest BCUT2D eigenvalue weighted by Crippen LogP contribution is 2.53. The normalized spacial score (nSPS) is 21.5. The summed E-state index contributed by atoms with van der Waals surface area (Å²) in [5.74, 6) is 0.800. The molecule has 2 heterocycles. The van der Waals surface area contributed by atoms with Gasteiger partial charge in [-0.1, -0.05) is 0 Å². The number of aliphatic hydroxyl groups excluding tert-OH is 1. The Labute approximate surface area is 211 Å². The zero-order valence-corrected chi connectivity index (χ0v) is 21.3. The van der Waals surface area contributed by atoms with E-state index in [2.05, 4.69) is 15.5 Å². The van der Waals surface area contributed by atoms with Crippen LogP contribution in [0.1, 0.15) is 44.7 Å². The van der Waals surface area contributed by atoms with Crippen molar-refractivity contribution < 1.29 is 23.1 Å². The first-order valence-corrected chi connectivity index (χ1v) is 14.2. The minimum atomic E-state index is -3.58. The maximum absolute atomic E-state index is 13.1. The number of anilines is 2. The van der Waals surface area contributed by atoms with Crippen molar-refractivity contribution in [1.82, 2.24) is 15.3 Å². The zero-order valence-electron chi connectivity index (χ0n) is 20.4. The Bertz CT molecular complexity index is 1210. The standard InChI is InChI=1S/C25H33N5O5S/c1-17-16-35-13-11-30(17)22-15-21(25(9-10-25)36(33,34)14-12-31)28-23(29-22)18-5-7-20(8-6-18)27-24(32)26-19-3-2-4-19/h5-8,15,17,19,31H,2-4,9-14,16H2,1H3,(H2,26,27,32)/t17-/m0/s1. The number of rotatable bonds is 8. The van der Waals surface area contributed by atoms with Gasteiger partial charge in [0.25, 0.3) is 0 Å². The minimum Gasteiger partial charge on any atom is -0.395 e. The number of morpholine rings is 1. The van der Waals surface area contributed by atoms with Crippen LogP contribution in [-0.2, 0) is 19.3 Å². The predicted molar refractivity (Wildman–Crippen MR) is 137 cm³/mol. The molecule has 3 aliphatic rings. The number of aromatic nitrogens is 2. The number of carbonyl (C=O) groups excluding carboxylic acids is 1. The molecule has 0 unspecified atom stereocenters. The van der Waals surface area contributed by atoms with Gasteiger partial charge in [-0.2, -0.15) is 0 Å². The first kappa shape index (κ1) is 24.9. The van der Waals surface area contributed by atoms with Crippen LogP contribution < -0.4 is 15.5 Å². The van der Waals surface area contributed by atoms with E-state index in [-0.39, 0.29) is 23.9 Å². The molecule has 194 valence electrons. The number of hydrogen-bond donors (Lipinski definition) is 3. The Morgan fingerprint density at radius 2 is 1.97 bits per heavy atom. The Morgan fingerprint density at radius 1 is 1.22 bits per heavy atom. The van der Waals surface area contributed by atoms with E-state index in [1.54, 1.807) is 18.2 Å². The van der Waals surface area contributed by atoms with Crippen LogP contribution in [0.2, 0.25) is 0 Å². The van der Waals surface area contributed by atoms with Crippen molar-refractivity contribution in [2.75, 3.05) is 42.3 Å². The third-order valence-electron chi connectivity index (χ3n) is 7.34. The Balaban J connectivity index is 1.46. The Morgan fingerprint density at radius 3 is 2.58 bits per heavy atom. The van der Waals surface area contributed by atoms with Crippen molar-refractivity contribution in [3.63, 3.8) is 0 Å². The lowest BCUT2D eigenvalue weighted by atomic mass is 9.93. The van der Waals surface area contributed by atoms with Crippen molar-refractivity contribution >= 4 is 27.4 Å². The molecule has 3 N–H and O–H groups in total. The summed E-state index contributed by atoms with van der Waals surface area (Å²) in [6.45, 7) is 3.40. The van der Waals surface area contributed by atoms with Crippen molar-refractivity contribution in [2.45, 2.75) is 55.9 Å². The molecule has 2 amide bonds. The number of hydrogen-bond acceptors (Lipinski definition) is 8. The van der Waals surface area contributed by atoms with Crippen LogP contribution in [0.3, 0.4) is 0 Å². The molecule has 2 aliphatic carbocycles. The maximum atomic E-state index is 13.1. The molecule has 10 nitrogen and oxygen atoms in total. The lowest BCUT2D eigenvalue weighted by molar-refractivity contribution is 0.0985. The van der Waals surface area contributed by atoms with Crippen LogP contribution in [0, 0.1) is 0 Å². The number of nitrogens with one attached hydrogen (secondary N) is 2. The largest absolute Gasteiger partial charge is 0.395 e. The van der Waals surface area contributed by atoms with Gasteiger partial charge in [0, 0.05) is 29.9 Å². The highest BCUT2D eigenvalue weighted by Gasteiger charge is 2.57. The van der Waals surface area contributed by atoms with E-state index < -0.39 is 21.2 Å². The molecule has 0 bridgehead atoms. The molecule has 3 fully saturated rings. The molecular weight excluding hydrogens is 482 g/mol. The van der Waals surface area contributed by atoms with Crippen molar-refractivity contribution in [3.05, 3.63) is 36.0 Å². The molecule has 0 radical (unpaired) electrons. The molecule has 1 aliphatic heterocycles. The van der Waals surface area contributed by atoms with Gasteiger partial charge in [-0.3, -0.25) is 0 Å². The van der Waals surface area contributed by atoms with Gasteiger partial charge >= 0.3 is 6.03 Å². The summed E-state index contributed by atoms with van der Waals surface area (Å²) in [6.07, 6.45) is 4.12. The van der Waals surface area contributed by atoms with E-state index in [4.69, 9.17) is 14.7 Å². The number of nitrogens with zero attached hydrogens (tertiary/aromatic N) is 3. The molecule has 36 heavy (non-hydrogen) atoms. The third-order valence-corrected chi connectivity index (χ3v) is 9.87. The molecule has 5 rings (SSSR count). The van der Waals surface area contributed by atoms with E-state index >= 15 is 0 Å². The van der Waals surface area contributed by atoms with Gasteiger partial charge in [0.1, 0.15) is 10.6 Å². The van der Waals surface area contributed by atoms with Crippen LogP contribution in [0.25, 0.3) is 11.4 Å². The van der Waals surface area contributed by atoms with Crippen molar-refractivity contribution in [1.29, 1.82) is 0 Å². The summed E-state index contributed by atoms with van der Waals surface area (Å²) < 4.78 is 30.6. The van der Waals surface area contributed by atoms with Gasteiger partial charge in [-0.05, 0) is 63.3 Å². The summed E-state index contributed by atoms with van der Waals surface area (Å²) in [5.41, 5.74) is 1.84. The van der Waals surface area contributed by atoms with Crippen LogP contribution in [0.4, 0.5) is 16.3 Å². The monoisotopic (exact) mass is 515 g/mol. The third kappa shape index (κ3) is 4.91. The molecule has 1 atom stereocenters. The van der Waals surface area contributed by atoms with Gasteiger partial charge < -0.3 is 25.4 Å². The number of ether oxygens (including phenoxy) is 1. The molecule has 1 aromatic carbocycles. The van der Waals surface area contributed by atoms with Crippen LogP contribution in [0.5, 0.6) is 0 Å². The number of urea groups is 1. The fourth-order valence-corrected chi connectivity index (χ4v) is 6.55. The number of amides is 2. The van der Waals surface area contributed by atoms with Gasteiger partial charge in [-0.25, -0.2) is 23.2 Å². The fraction of sp³-hybridized carbons (Fsp3) is 0.560. The molecule has 1 aromatic heterocycles. The highest BCUT2D eigenvalue weighted by molar-refractivity contribution is 7.92. The van der Waals surface area contributed by atoms with Crippen molar-refractivity contribution in [3.8, 4) is 11.4 Å². The molecule has 0 spiro atoms. The first-order valence-electron chi connectivity index (χ1n) is 12.6. The molecule has 1 saturated heterocycles. The zero-order chi connectivity index (χ0) is 25.3. The lowest BCUT2D eigenvalue weighted by Gasteiger charge is -2.34. The Hall–Kier alpha value is -2.76. The van der Waals surface area contributed by atoms with E-state index in [0.717, 1.165) is 24.8 Å². The predicted octanol–water partition coefficient (Wildman–Crippen LogP) is 2.44. The maximum Gasteiger partial charge on any atom is 0.319 e. The average Bonchev–Trinajstić information content (AvgIpc) is 3.65. The first-order chi connectivity index (χ1) is 17.3. The van der Waals surface area contributed by atoms with Gasteiger partial charge in [0.15, 0.2) is 15.7 Å². The van der Waals surface area contributed by atoms with Gasteiger partial charge in [0.2, 0.25) is 0 Å². The highest BCUT2D eigenvalue weighted by atomic mass is 32.2. The van der Waals surface area contributed by atoms with E-state index in [1.165, 1.54) is 0 Å². The summed E-state index contributed by atoms with van der Waals surface area (Å²) in [7, 11) is -3.58. The topological polar surface area (TPSA) is 134 Å². The van der Waals surface area contributed by atoms with Crippen LogP contribution in [0.15, 0.2) is 30.3 Å². The number of benzene rings is 1. The molecule has 11 heteroatoms. The second kappa shape index (κ2) is 9.95. The SMILES string of the molecule is C[C@H]1COCCN1c1cc(C2(S(=O)(=O)CCO)CC2)nc(-c2ccc(NC(=O)NC3CCC3)cc2)n1. The van der Waals surface area contributed by atoms with E-state index in [1.807, 2.05) is 19.1 Å². The Kier molecular flexibility index (Phi) is 6.88. The van der Waals surface area contributed by atoms with E-state index in [9.17, 15) is 18.3 Å². The van der Waals surface area contributed by atoms with E-state index in [0.29, 0.717) is 55.6 Å². The summed E-state index contributed by atoms with van der Waals surface area (Å²) >= 11 is 0. The summed E-state index contributed by atoms with van der Waals surface area (Å²) in [4.78, 5) is 23.8. The molecular formula is C25H33N5O5S. The molecule has 2 aromatic rings. The smallest absolute Gasteiger partial charge is 0.319 e.